The molecule has 3 nitrogen and oxygen atoms in total. The molecule has 1 saturated heterocycles. The van der Waals surface area contributed by atoms with E-state index in [0.29, 0.717) is 11.3 Å². The molecule has 1 heterocycles. The lowest BCUT2D eigenvalue weighted by Gasteiger charge is -2.28. The zero-order chi connectivity index (χ0) is 15.5. The molecule has 1 fully saturated rings. The van der Waals surface area contributed by atoms with Crippen LogP contribution in [0.5, 0.6) is 0 Å². The largest absolute Gasteiger partial charge is 0.370 e. The second-order valence-electron chi connectivity index (χ2n) is 7.04. The molecule has 0 amide bonds. The number of nitrogens with zero attached hydrogens (tertiary/aromatic N) is 2. The van der Waals surface area contributed by atoms with Crippen molar-refractivity contribution in [2.24, 2.45) is 11.3 Å². The molecular weight excluding hydrogens is 258 g/mol. The molecule has 0 aromatic heterocycles. The molecule has 1 aromatic rings. The molecule has 0 spiro atoms. The molecule has 0 aliphatic carbocycles. The molecule has 1 atom stereocenters. The highest BCUT2D eigenvalue weighted by Crippen LogP contribution is 2.36. The minimum absolute atomic E-state index is 0.340. The minimum Gasteiger partial charge on any atom is -0.370 e. The second-order valence-corrected chi connectivity index (χ2v) is 7.04. The van der Waals surface area contributed by atoms with Crippen molar-refractivity contribution in [2.75, 3.05) is 24.5 Å². The van der Waals surface area contributed by atoms with Crippen molar-refractivity contribution in [3.05, 3.63) is 29.3 Å². The van der Waals surface area contributed by atoms with Crippen LogP contribution >= 0.6 is 0 Å². The molecule has 1 N–H and O–H groups in total. The van der Waals surface area contributed by atoms with Gasteiger partial charge in [0, 0.05) is 19.6 Å². The number of nitrogens with one attached hydrogen (secondary N) is 1. The number of rotatable bonds is 4. The summed E-state index contributed by atoms with van der Waals surface area (Å²) < 4.78 is 0. The standard InChI is InChI=1S/C18H27N3/c1-5-20-12-14-6-7-17(15(10-14)11-19)21-9-8-16(13-21)18(2,3)4/h6-7,10,16,20H,5,8-9,12-13H2,1-4H3. The monoisotopic (exact) mass is 285 g/mol. The predicted molar refractivity (Wildman–Crippen MR) is 88.3 cm³/mol. The molecule has 1 unspecified atom stereocenters. The van der Waals surface area contributed by atoms with E-state index < -0.39 is 0 Å². The van der Waals surface area contributed by atoms with Crippen molar-refractivity contribution in [2.45, 2.75) is 40.7 Å². The number of hydrogen-bond acceptors (Lipinski definition) is 3. The molecule has 1 aromatic carbocycles. The molecule has 1 aliphatic rings. The molecule has 3 heteroatoms. The number of anilines is 1. The lowest BCUT2D eigenvalue weighted by Crippen LogP contribution is -2.26. The Labute approximate surface area is 129 Å². The molecule has 114 valence electrons. The first kappa shape index (κ1) is 15.9. The Balaban J connectivity index is 2.16. The van der Waals surface area contributed by atoms with Gasteiger partial charge in [-0.1, -0.05) is 33.8 Å². The molecule has 0 radical (unpaired) electrons. The quantitative estimate of drug-likeness (QED) is 0.919. The summed E-state index contributed by atoms with van der Waals surface area (Å²) in [5.41, 5.74) is 3.43. The first-order chi connectivity index (χ1) is 9.95. The Bertz CT molecular complexity index is 522. The van der Waals surface area contributed by atoms with Crippen molar-refractivity contribution >= 4 is 5.69 Å². The van der Waals surface area contributed by atoms with Crippen LogP contribution in [0.4, 0.5) is 5.69 Å². The average Bonchev–Trinajstić information content (AvgIpc) is 2.94. The van der Waals surface area contributed by atoms with Crippen LogP contribution in [-0.4, -0.2) is 19.6 Å². The van der Waals surface area contributed by atoms with Crippen LogP contribution in [-0.2, 0) is 6.54 Å². The predicted octanol–water partition coefficient (Wildman–Crippen LogP) is 3.54. The van der Waals surface area contributed by atoms with Crippen LogP contribution in [0.2, 0.25) is 0 Å². The van der Waals surface area contributed by atoms with Gasteiger partial charge in [-0.25, -0.2) is 0 Å². The number of hydrogen-bond donors (Lipinski definition) is 1. The van der Waals surface area contributed by atoms with Gasteiger partial charge in [0.25, 0.3) is 0 Å². The zero-order valence-electron chi connectivity index (χ0n) is 13.7. The fourth-order valence-electron chi connectivity index (χ4n) is 3.01. The summed E-state index contributed by atoms with van der Waals surface area (Å²) in [4.78, 5) is 2.38. The second kappa shape index (κ2) is 6.49. The third kappa shape index (κ3) is 3.77. The first-order valence-electron chi connectivity index (χ1n) is 7.94. The lowest BCUT2D eigenvalue weighted by atomic mass is 9.80. The Morgan fingerprint density at radius 2 is 2.14 bits per heavy atom. The van der Waals surface area contributed by atoms with E-state index in [4.69, 9.17) is 0 Å². The third-order valence-corrected chi connectivity index (χ3v) is 4.51. The average molecular weight is 285 g/mol. The third-order valence-electron chi connectivity index (χ3n) is 4.51. The van der Waals surface area contributed by atoms with E-state index >= 15 is 0 Å². The Hall–Kier alpha value is -1.53. The van der Waals surface area contributed by atoms with Crippen LogP contribution in [0.15, 0.2) is 18.2 Å². The van der Waals surface area contributed by atoms with E-state index in [-0.39, 0.29) is 0 Å². The van der Waals surface area contributed by atoms with Crippen LogP contribution in [0.25, 0.3) is 0 Å². The number of nitriles is 1. The summed E-state index contributed by atoms with van der Waals surface area (Å²) >= 11 is 0. The SMILES string of the molecule is CCNCc1ccc(N2CCC(C(C)(C)C)C2)c(C#N)c1. The van der Waals surface area contributed by atoms with Gasteiger partial charge in [-0.05, 0) is 42.0 Å². The highest BCUT2D eigenvalue weighted by molar-refractivity contribution is 5.61. The highest BCUT2D eigenvalue weighted by Gasteiger charge is 2.32. The van der Waals surface area contributed by atoms with E-state index in [1.54, 1.807) is 0 Å². The molecule has 1 aliphatic heterocycles. The van der Waals surface area contributed by atoms with Gasteiger partial charge < -0.3 is 10.2 Å². The van der Waals surface area contributed by atoms with Gasteiger partial charge in [-0.3, -0.25) is 0 Å². The summed E-state index contributed by atoms with van der Waals surface area (Å²) in [6.07, 6.45) is 1.22. The molecule has 2 rings (SSSR count). The van der Waals surface area contributed by atoms with E-state index in [9.17, 15) is 5.26 Å². The summed E-state index contributed by atoms with van der Waals surface area (Å²) in [5.74, 6) is 0.700. The normalized spacial score (nSPS) is 18.8. The summed E-state index contributed by atoms with van der Waals surface area (Å²) in [5, 5.41) is 12.8. The Kier molecular flexibility index (Phi) is 4.90. The van der Waals surface area contributed by atoms with Gasteiger partial charge in [-0.15, -0.1) is 0 Å². The van der Waals surface area contributed by atoms with E-state index in [0.717, 1.165) is 37.4 Å². The summed E-state index contributed by atoms with van der Waals surface area (Å²) in [7, 11) is 0. The van der Waals surface area contributed by atoms with E-state index in [1.807, 2.05) is 6.07 Å². The number of benzene rings is 1. The molecular formula is C18H27N3. The highest BCUT2D eigenvalue weighted by atomic mass is 15.2. The zero-order valence-corrected chi connectivity index (χ0v) is 13.7. The van der Waals surface area contributed by atoms with E-state index in [2.05, 4.69) is 56.1 Å². The molecule has 21 heavy (non-hydrogen) atoms. The Morgan fingerprint density at radius 3 is 2.71 bits per heavy atom. The van der Waals surface area contributed by atoms with Crippen molar-refractivity contribution in [3.8, 4) is 6.07 Å². The van der Waals surface area contributed by atoms with Crippen molar-refractivity contribution in [1.82, 2.24) is 5.32 Å². The van der Waals surface area contributed by atoms with Gasteiger partial charge in [0.05, 0.1) is 11.3 Å². The van der Waals surface area contributed by atoms with Crippen LogP contribution < -0.4 is 10.2 Å². The van der Waals surface area contributed by atoms with Gasteiger partial charge in [-0.2, -0.15) is 5.26 Å². The summed E-state index contributed by atoms with van der Waals surface area (Å²) in [6.45, 7) is 12.9. The fraction of sp³-hybridized carbons (Fsp3) is 0.611. The van der Waals surface area contributed by atoms with Crippen molar-refractivity contribution < 1.29 is 0 Å². The maximum absolute atomic E-state index is 9.46. The van der Waals surface area contributed by atoms with Crippen molar-refractivity contribution in [1.29, 1.82) is 5.26 Å². The minimum atomic E-state index is 0.340. The maximum atomic E-state index is 9.46. The molecule has 0 saturated carbocycles. The van der Waals surface area contributed by atoms with Gasteiger partial charge in [0.2, 0.25) is 0 Å². The molecule has 0 bridgehead atoms. The Morgan fingerprint density at radius 1 is 1.38 bits per heavy atom. The van der Waals surface area contributed by atoms with E-state index in [1.165, 1.54) is 12.0 Å². The van der Waals surface area contributed by atoms with Crippen LogP contribution in [0.1, 0.15) is 45.2 Å². The van der Waals surface area contributed by atoms with Crippen LogP contribution in [0, 0.1) is 22.7 Å². The van der Waals surface area contributed by atoms with Crippen LogP contribution in [0.3, 0.4) is 0 Å². The fourth-order valence-corrected chi connectivity index (χ4v) is 3.01. The maximum Gasteiger partial charge on any atom is 0.101 e. The topological polar surface area (TPSA) is 39.1 Å². The smallest absolute Gasteiger partial charge is 0.101 e. The summed E-state index contributed by atoms with van der Waals surface area (Å²) in [6, 6.07) is 8.67. The lowest BCUT2D eigenvalue weighted by molar-refractivity contribution is 0.263. The van der Waals surface area contributed by atoms with Gasteiger partial charge in [0.15, 0.2) is 0 Å². The first-order valence-corrected chi connectivity index (χ1v) is 7.94. The van der Waals surface area contributed by atoms with Gasteiger partial charge >= 0.3 is 0 Å². The van der Waals surface area contributed by atoms with Crippen molar-refractivity contribution in [3.63, 3.8) is 0 Å². The van der Waals surface area contributed by atoms with Gasteiger partial charge in [0.1, 0.15) is 6.07 Å².